The first-order valence-electron chi connectivity index (χ1n) is 12.4. The van der Waals surface area contributed by atoms with Crippen LogP contribution in [0.15, 0.2) is 28.0 Å². The van der Waals surface area contributed by atoms with Crippen molar-refractivity contribution in [3.05, 3.63) is 40.9 Å². The molecule has 0 aliphatic heterocycles. The zero-order valence-corrected chi connectivity index (χ0v) is 21.5. The number of thioether (sulfide) groups is 1. The number of ether oxygens (including phenoxy) is 1. The maximum absolute atomic E-state index is 13.2. The molecule has 2 saturated carbocycles. The summed E-state index contributed by atoms with van der Waals surface area (Å²) in [6.07, 6.45) is 6.85. The molecule has 5 rings (SSSR count). The largest absolute Gasteiger partial charge is 0.462 e. The van der Waals surface area contributed by atoms with Gasteiger partial charge >= 0.3 is 5.97 Å². The number of Topliss-reactive ketones (excluding diaryl/α,β-unsaturated/α-hetero) is 1. The van der Waals surface area contributed by atoms with Crippen molar-refractivity contribution in [2.45, 2.75) is 64.6 Å². The summed E-state index contributed by atoms with van der Waals surface area (Å²) in [4.78, 5) is 28.6. The molecule has 0 amide bonds. The van der Waals surface area contributed by atoms with E-state index in [0.717, 1.165) is 11.8 Å². The number of fused-ring (bicyclic) bond motifs is 2. The topological polar surface area (TPSA) is 103 Å². The van der Waals surface area contributed by atoms with Crippen LogP contribution in [0.3, 0.4) is 0 Å². The number of aromatic amines is 1. The number of furan rings is 1. The van der Waals surface area contributed by atoms with E-state index >= 15 is 0 Å². The lowest BCUT2D eigenvalue weighted by atomic mass is 9.84. The van der Waals surface area contributed by atoms with Crippen LogP contribution in [0.25, 0.3) is 11.6 Å². The first-order chi connectivity index (χ1) is 16.9. The predicted molar refractivity (Wildman–Crippen MR) is 133 cm³/mol. The number of carbonyl (C=O) groups is 2. The van der Waals surface area contributed by atoms with Gasteiger partial charge in [-0.2, -0.15) is 0 Å². The SMILES string of the molecule is CCOC(=O)c1c(C)[nH]c(C(=O)CSc2nnc(-c3ccco3)n2[C@@H](C)[C@H]2C[C@H]3CC[C@H]2C3)c1C. The highest BCUT2D eigenvalue weighted by Gasteiger charge is 2.43. The van der Waals surface area contributed by atoms with Crippen LogP contribution in [-0.4, -0.2) is 43.9 Å². The first kappa shape index (κ1) is 23.9. The molecule has 0 aromatic carbocycles. The third-order valence-electron chi connectivity index (χ3n) is 7.75. The van der Waals surface area contributed by atoms with Gasteiger partial charge in [-0.3, -0.25) is 9.36 Å². The van der Waals surface area contributed by atoms with Crippen LogP contribution >= 0.6 is 11.8 Å². The second kappa shape index (κ2) is 9.68. The molecule has 3 aromatic heterocycles. The van der Waals surface area contributed by atoms with Crippen molar-refractivity contribution in [2.24, 2.45) is 17.8 Å². The Balaban J connectivity index is 1.39. The Labute approximate surface area is 209 Å². The average Bonchev–Trinajstić information content (AvgIpc) is 3.66. The highest BCUT2D eigenvalue weighted by molar-refractivity contribution is 7.99. The molecular formula is C26H32N4O4S. The number of esters is 1. The molecule has 3 aromatic rings. The highest BCUT2D eigenvalue weighted by Crippen LogP contribution is 2.53. The van der Waals surface area contributed by atoms with Gasteiger partial charge in [-0.05, 0) is 82.4 Å². The number of nitrogens with zero attached hydrogens (tertiary/aromatic N) is 3. The smallest absolute Gasteiger partial charge is 0.340 e. The molecule has 2 aliphatic rings. The van der Waals surface area contributed by atoms with E-state index in [1.807, 2.05) is 12.1 Å². The Morgan fingerprint density at radius 3 is 2.77 bits per heavy atom. The van der Waals surface area contributed by atoms with Crippen molar-refractivity contribution in [1.82, 2.24) is 19.7 Å². The van der Waals surface area contributed by atoms with Crippen LogP contribution in [0.1, 0.15) is 77.7 Å². The number of hydrogen-bond acceptors (Lipinski definition) is 7. The number of rotatable bonds is 9. The van der Waals surface area contributed by atoms with Gasteiger partial charge in [-0.15, -0.1) is 10.2 Å². The fourth-order valence-electron chi connectivity index (χ4n) is 6.13. The number of H-pyrrole nitrogens is 1. The highest BCUT2D eigenvalue weighted by atomic mass is 32.2. The summed E-state index contributed by atoms with van der Waals surface area (Å²) in [5, 5.41) is 9.65. The van der Waals surface area contributed by atoms with E-state index in [4.69, 9.17) is 9.15 Å². The average molecular weight is 497 g/mol. The van der Waals surface area contributed by atoms with Crippen molar-refractivity contribution in [3.8, 4) is 11.6 Å². The molecular weight excluding hydrogens is 464 g/mol. The molecule has 0 spiro atoms. The third kappa shape index (κ3) is 4.35. The number of ketones is 1. The number of nitrogens with one attached hydrogen (secondary N) is 1. The summed E-state index contributed by atoms with van der Waals surface area (Å²) < 4.78 is 13.0. The summed E-state index contributed by atoms with van der Waals surface area (Å²) in [5.41, 5.74) is 2.15. The third-order valence-corrected chi connectivity index (χ3v) is 8.70. The lowest BCUT2D eigenvalue weighted by molar-refractivity contribution is 0.0525. The molecule has 0 radical (unpaired) electrons. The summed E-state index contributed by atoms with van der Waals surface area (Å²) in [5.74, 6) is 3.23. The molecule has 0 unspecified atom stereocenters. The second-order valence-electron chi connectivity index (χ2n) is 9.79. The number of aromatic nitrogens is 4. The van der Waals surface area contributed by atoms with Crippen molar-refractivity contribution >= 4 is 23.5 Å². The fourth-order valence-corrected chi connectivity index (χ4v) is 7.03. The molecule has 2 bridgehead atoms. The number of hydrogen-bond donors (Lipinski definition) is 1. The van der Waals surface area contributed by atoms with Gasteiger partial charge in [-0.1, -0.05) is 18.2 Å². The van der Waals surface area contributed by atoms with Gasteiger partial charge in [0.25, 0.3) is 0 Å². The maximum Gasteiger partial charge on any atom is 0.340 e. The molecule has 3 heterocycles. The minimum Gasteiger partial charge on any atom is -0.462 e. The first-order valence-corrected chi connectivity index (χ1v) is 13.4. The summed E-state index contributed by atoms with van der Waals surface area (Å²) in [6.45, 7) is 7.87. The Bertz CT molecular complexity index is 1230. The normalized spacial score (nSPS) is 22.0. The molecule has 35 heavy (non-hydrogen) atoms. The molecule has 2 fully saturated rings. The van der Waals surface area contributed by atoms with E-state index in [-0.39, 0.29) is 24.2 Å². The minimum atomic E-state index is -0.409. The van der Waals surface area contributed by atoms with Gasteiger partial charge in [0.1, 0.15) is 0 Å². The van der Waals surface area contributed by atoms with E-state index in [1.54, 1.807) is 27.0 Å². The van der Waals surface area contributed by atoms with Crippen LogP contribution in [0.4, 0.5) is 0 Å². The Morgan fingerprint density at radius 2 is 2.11 bits per heavy atom. The molecule has 1 N–H and O–H groups in total. The van der Waals surface area contributed by atoms with Crippen molar-refractivity contribution in [1.29, 1.82) is 0 Å². The molecule has 0 saturated heterocycles. The van der Waals surface area contributed by atoms with E-state index in [0.29, 0.717) is 45.2 Å². The van der Waals surface area contributed by atoms with Crippen LogP contribution < -0.4 is 0 Å². The summed E-state index contributed by atoms with van der Waals surface area (Å²) in [6, 6.07) is 3.96. The van der Waals surface area contributed by atoms with Gasteiger partial charge in [0.2, 0.25) is 5.82 Å². The quantitative estimate of drug-likeness (QED) is 0.232. The summed E-state index contributed by atoms with van der Waals surface area (Å²) >= 11 is 1.38. The van der Waals surface area contributed by atoms with Gasteiger partial charge in [-0.25, -0.2) is 4.79 Å². The van der Waals surface area contributed by atoms with E-state index in [2.05, 4.69) is 26.7 Å². The van der Waals surface area contributed by atoms with Gasteiger partial charge in [0, 0.05) is 11.7 Å². The van der Waals surface area contributed by atoms with E-state index in [1.165, 1.54) is 37.4 Å². The van der Waals surface area contributed by atoms with Gasteiger partial charge in [0.15, 0.2) is 16.7 Å². The molecule has 4 atom stereocenters. The Morgan fingerprint density at radius 1 is 1.29 bits per heavy atom. The number of carbonyl (C=O) groups excluding carboxylic acids is 2. The van der Waals surface area contributed by atoms with Crippen LogP contribution in [0.5, 0.6) is 0 Å². The fraction of sp³-hybridized carbons (Fsp3) is 0.538. The lowest BCUT2D eigenvalue weighted by Gasteiger charge is -2.30. The molecule has 8 nitrogen and oxygen atoms in total. The monoisotopic (exact) mass is 496 g/mol. The van der Waals surface area contributed by atoms with Crippen molar-refractivity contribution in [2.75, 3.05) is 12.4 Å². The molecule has 9 heteroatoms. The zero-order chi connectivity index (χ0) is 24.7. The Kier molecular flexibility index (Phi) is 6.61. The van der Waals surface area contributed by atoms with Gasteiger partial charge < -0.3 is 14.1 Å². The molecule has 2 aliphatic carbocycles. The van der Waals surface area contributed by atoms with E-state index < -0.39 is 5.97 Å². The summed E-state index contributed by atoms with van der Waals surface area (Å²) in [7, 11) is 0. The zero-order valence-electron chi connectivity index (χ0n) is 20.7. The van der Waals surface area contributed by atoms with Crippen molar-refractivity contribution in [3.63, 3.8) is 0 Å². The Hall–Kier alpha value is -2.81. The van der Waals surface area contributed by atoms with E-state index in [9.17, 15) is 9.59 Å². The van der Waals surface area contributed by atoms with Crippen LogP contribution in [-0.2, 0) is 4.74 Å². The van der Waals surface area contributed by atoms with Gasteiger partial charge in [0.05, 0.1) is 29.9 Å². The minimum absolute atomic E-state index is 0.0900. The molecule has 186 valence electrons. The lowest BCUT2D eigenvalue weighted by Crippen LogP contribution is -2.23. The maximum atomic E-state index is 13.2. The van der Waals surface area contributed by atoms with Crippen molar-refractivity contribution < 1.29 is 18.7 Å². The van der Waals surface area contributed by atoms with Crippen LogP contribution in [0, 0.1) is 31.6 Å². The standard InChI is InChI=1S/C26H32N4O4S/c1-5-33-25(32)22-14(2)23(27-15(22)3)20(31)13-35-26-29-28-24(21-7-6-10-34-21)30(26)16(4)19-12-17-8-9-18(19)11-17/h6-7,10,16-19,27H,5,8-9,11-13H2,1-4H3/t16-,17-,18-,19+/m0/s1. The predicted octanol–water partition coefficient (Wildman–Crippen LogP) is 5.63. The second-order valence-corrected chi connectivity index (χ2v) is 10.7. The van der Waals surface area contributed by atoms with Crippen LogP contribution in [0.2, 0.25) is 0 Å². The number of aryl methyl sites for hydroxylation is 1.